The lowest BCUT2D eigenvalue weighted by Crippen LogP contribution is -2.17. The van der Waals surface area contributed by atoms with Crippen LogP contribution in [0.5, 0.6) is 0 Å². The van der Waals surface area contributed by atoms with Gasteiger partial charge in [0.2, 0.25) is 0 Å². The van der Waals surface area contributed by atoms with Crippen LogP contribution >= 0.6 is 0 Å². The highest BCUT2D eigenvalue weighted by molar-refractivity contribution is 5.90. The Balaban J connectivity index is 1.84. The summed E-state index contributed by atoms with van der Waals surface area (Å²) in [4.78, 5) is 28.7. The van der Waals surface area contributed by atoms with Crippen LogP contribution in [0.15, 0.2) is 58.3 Å². The normalized spacial score (nSPS) is 11.1. The number of ether oxygens (including phenoxy) is 1. The Bertz CT molecular complexity index is 1030. The molecule has 0 unspecified atom stereocenters. The summed E-state index contributed by atoms with van der Waals surface area (Å²) in [7, 11) is 0. The summed E-state index contributed by atoms with van der Waals surface area (Å²) in [5, 5.41) is 3.07. The van der Waals surface area contributed by atoms with Gasteiger partial charge in [0, 0.05) is 11.9 Å². The number of aromatic amines is 1. The fourth-order valence-electron chi connectivity index (χ4n) is 2.62. The Morgan fingerprint density at radius 3 is 2.41 bits per heavy atom. The third-order valence-corrected chi connectivity index (χ3v) is 4.13. The molecule has 3 rings (SSSR count). The molecule has 1 heterocycles. The van der Waals surface area contributed by atoms with Crippen molar-refractivity contribution in [2.75, 3.05) is 6.61 Å². The first-order valence-corrected chi connectivity index (χ1v) is 8.69. The molecule has 0 aliphatic rings. The molecule has 0 radical (unpaired) electrons. The van der Waals surface area contributed by atoms with Crippen molar-refractivity contribution in [2.45, 2.75) is 20.8 Å². The summed E-state index contributed by atoms with van der Waals surface area (Å²) in [6.07, 6.45) is 1.54. The van der Waals surface area contributed by atoms with Gasteiger partial charge in [0.25, 0.3) is 5.56 Å². The molecule has 1 N–H and O–H groups in total. The molecule has 0 atom stereocenters. The van der Waals surface area contributed by atoms with E-state index in [0.717, 1.165) is 16.9 Å². The van der Waals surface area contributed by atoms with E-state index in [1.165, 1.54) is 10.9 Å². The van der Waals surface area contributed by atoms with E-state index in [-0.39, 0.29) is 11.5 Å². The van der Waals surface area contributed by atoms with E-state index in [1.54, 1.807) is 31.2 Å². The molecule has 6 nitrogen and oxygen atoms in total. The molecule has 2 aromatic carbocycles. The van der Waals surface area contributed by atoms with Gasteiger partial charge in [-0.2, -0.15) is 0 Å². The van der Waals surface area contributed by atoms with E-state index in [1.807, 2.05) is 38.1 Å². The van der Waals surface area contributed by atoms with Crippen molar-refractivity contribution < 1.29 is 9.53 Å². The summed E-state index contributed by atoms with van der Waals surface area (Å²) in [5.74, 6) is -0.365. The first kappa shape index (κ1) is 18.4. The van der Waals surface area contributed by atoms with Crippen LogP contribution in [0.2, 0.25) is 0 Å². The molecular weight excluding hydrogens is 342 g/mol. The number of nitrogens with one attached hydrogen (secondary N) is 1. The largest absolute Gasteiger partial charge is 0.462 e. The van der Waals surface area contributed by atoms with Crippen molar-refractivity contribution in [1.29, 1.82) is 0 Å². The molecule has 0 spiro atoms. The van der Waals surface area contributed by atoms with Gasteiger partial charge in [0.05, 0.1) is 29.1 Å². The highest BCUT2D eigenvalue weighted by Gasteiger charge is 2.11. The molecule has 0 saturated carbocycles. The number of esters is 1. The predicted octanol–water partition coefficient (Wildman–Crippen LogP) is 3.71. The van der Waals surface area contributed by atoms with Crippen molar-refractivity contribution in [3.05, 3.63) is 81.3 Å². The molecular formula is C21H21N3O3. The molecule has 0 aliphatic carbocycles. The number of benzene rings is 2. The van der Waals surface area contributed by atoms with E-state index >= 15 is 0 Å². The monoisotopic (exact) mass is 363 g/mol. The van der Waals surface area contributed by atoms with Crippen molar-refractivity contribution in [3.63, 3.8) is 0 Å². The summed E-state index contributed by atoms with van der Waals surface area (Å²) >= 11 is 0. The zero-order valence-corrected chi connectivity index (χ0v) is 15.5. The topological polar surface area (TPSA) is 76.4 Å². The van der Waals surface area contributed by atoms with Gasteiger partial charge in [-0.05, 0) is 57.2 Å². The van der Waals surface area contributed by atoms with Crippen LogP contribution in [0.4, 0.5) is 5.69 Å². The number of carbonyl (C=O) groups excluding carboxylic acids is 1. The first-order chi connectivity index (χ1) is 13.0. The van der Waals surface area contributed by atoms with Crippen LogP contribution < -0.4 is 5.56 Å². The number of aliphatic imine (C=N–C) groups is 1. The number of rotatable bonds is 5. The number of aryl methyl sites for hydroxylation is 2. The molecule has 0 saturated heterocycles. The lowest BCUT2D eigenvalue weighted by atomic mass is 10.2. The SMILES string of the molecule is CCOC(=O)c1ccc(N=Cc2c(C)[nH]n(-c3ccc(C)cc3)c2=O)cc1. The maximum atomic E-state index is 12.7. The molecule has 1 aromatic heterocycles. The van der Waals surface area contributed by atoms with Crippen molar-refractivity contribution in [2.24, 2.45) is 4.99 Å². The quantitative estimate of drug-likeness (QED) is 0.554. The van der Waals surface area contributed by atoms with E-state index < -0.39 is 0 Å². The van der Waals surface area contributed by atoms with Gasteiger partial charge in [-0.1, -0.05) is 17.7 Å². The Labute approximate surface area is 157 Å². The molecule has 6 heteroatoms. The van der Waals surface area contributed by atoms with E-state index in [9.17, 15) is 9.59 Å². The second-order valence-corrected chi connectivity index (χ2v) is 6.15. The summed E-state index contributed by atoms with van der Waals surface area (Å²) in [5.41, 5.74) is 4.07. The Kier molecular flexibility index (Phi) is 5.35. The molecule has 0 aliphatic heterocycles. The van der Waals surface area contributed by atoms with Crippen LogP contribution in [0, 0.1) is 13.8 Å². The fourth-order valence-corrected chi connectivity index (χ4v) is 2.62. The van der Waals surface area contributed by atoms with Gasteiger partial charge < -0.3 is 4.74 Å². The maximum absolute atomic E-state index is 12.7. The minimum Gasteiger partial charge on any atom is -0.462 e. The second-order valence-electron chi connectivity index (χ2n) is 6.15. The third kappa shape index (κ3) is 4.06. The average Bonchev–Trinajstić information content (AvgIpc) is 2.95. The van der Waals surface area contributed by atoms with E-state index in [2.05, 4.69) is 10.1 Å². The highest BCUT2D eigenvalue weighted by Crippen LogP contribution is 2.14. The van der Waals surface area contributed by atoms with Crippen molar-refractivity contribution in [1.82, 2.24) is 9.78 Å². The Morgan fingerprint density at radius 2 is 1.78 bits per heavy atom. The van der Waals surface area contributed by atoms with Gasteiger partial charge in [-0.25, -0.2) is 9.48 Å². The van der Waals surface area contributed by atoms with Gasteiger partial charge in [-0.3, -0.25) is 14.9 Å². The smallest absolute Gasteiger partial charge is 0.338 e. The number of nitrogens with zero attached hydrogens (tertiary/aromatic N) is 2. The van der Waals surface area contributed by atoms with Crippen LogP contribution in [0.1, 0.15) is 34.1 Å². The Morgan fingerprint density at radius 1 is 1.11 bits per heavy atom. The van der Waals surface area contributed by atoms with Crippen LogP contribution in [0.3, 0.4) is 0 Å². The van der Waals surface area contributed by atoms with Crippen molar-refractivity contribution in [3.8, 4) is 5.69 Å². The summed E-state index contributed by atoms with van der Waals surface area (Å²) in [6, 6.07) is 14.4. The molecule has 3 aromatic rings. The second kappa shape index (κ2) is 7.86. The van der Waals surface area contributed by atoms with E-state index in [0.29, 0.717) is 23.4 Å². The van der Waals surface area contributed by atoms with Gasteiger partial charge in [0.1, 0.15) is 0 Å². The van der Waals surface area contributed by atoms with E-state index in [4.69, 9.17) is 4.74 Å². The fraction of sp³-hybridized carbons (Fsp3) is 0.190. The third-order valence-electron chi connectivity index (χ3n) is 4.13. The standard InChI is InChI=1S/C21H21N3O3/c1-4-27-21(26)16-7-9-17(10-8-16)22-13-19-15(3)23-24(20(19)25)18-11-5-14(2)6-12-18/h5-13,23H,4H2,1-3H3. The molecule has 138 valence electrons. The molecule has 27 heavy (non-hydrogen) atoms. The lowest BCUT2D eigenvalue weighted by Gasteiger charge is -2.01. The number of aromatic nitrogens is 2. The average molecular weight is 363 g/mol. The minimum absolute atomic E-state index is 0.164. The Hall–Kier alpha value is -3.41. The maximum Gasteiger partial charge on any atom is 0.338 e. The number of hydrogen-bond donors (Lipinski definition) is 1. The van der Waals surface area contributed by atoms with Crippen LogP contribution in [-0.4, -0.2) is 28.6 Å². The van der Waals surface area contributed by atoms with Crippen LogP contribution in [0.25, 0.3) is 5.69 Å². The number of hydrogen-bond acceptors (Lipinski definition) is 4. The minimum atomic E-state index is -0.365. The van der Waals surface area contributed by atoms with Gasteiger partial charge >= 0.3 is 5.97 Å². The summed E-state index contributed by atoms with van der Waals surface area (Å²) in [6.45, 7) is 5.92. The number of H-pyrrole nitrogens is 1. The van der Waals surface area contributed by atoms with Crippen LogP contribution in [-0.2, 0) is 4.74 Å². The summed E-state index contributed by atoms with van der Waals surface area (Å²) < 4.78 is 6.46. The van der Waals surface area contributed by atoms with Gasteiger partial charge in [0.15, 0.2) is 0 Å². The highest BCUT2D eigenvalue weighted by atomic mass is 16.5. The zero-order chi connectivity index (χ0) is 19.4. The molecule has 0 bridgehead atoms. The lowest BCUT2D eigenvalue weighted by molar-refractivity contribution is 0.0526. The van der Waals surface area contributed by atoms with Crippen molar-refractivity contribution >= 4 is 17.9 Å². The predicted molar refractivity (Wildman–Crippen MR) is 106 cm³/mol. The molecule has 0 amide bonds. The number of carbonyl (C=O) groups is 1. The first-order valence-electron chi connectivity index (χ1n) is 8.69. The zero-order valence-electron chi connectivity index (χ0n) is 15.5. The van der Waals surface area contributed by atoms with Gasteiger partial charge in [-0.15, -0.1) is 0 Å². The molecule has 0 fully saturated rings.